The normalized spacial score (nSPS) is 17.7. The van der Waals surface area contributed by atoms with Crippen LogP contribution < -0.4 is 15.0 Å². The van der Waals surface area contributed by atoms with Crippen molar-refractivity contribution in [3.8, 4) is 5.88 Å². The van der Waals surface area contributed by atoms with Crippen molar-refractivity contribution in [2.45, 2.75) is 45.3 Å². The van der Waals surface area contributed by atoms with Crippen molar-refractivity contribution < 1.29 is 18.8 Å². The van der Waals surface area contributed by atoms with Gasteiger partial charge >= 0.3 is 0 Å². The van der Waals surface area contributed by atoms with Crippen LogP contribution in [0.5, 0.6) is 5.88 Å². The Morgan fingerprint density at radius 2 is 2.07 bits per heavy atom. The second-order valence-corrected chi connectivity index (χ2v) is 7.27. The fraction of sp³-hybridized carbons (Fsp3) is 0.550. The van der Waals surface area contributed by atoms with Gasteiger partial charge in [0.1, 0.15) is 12.4 Å². The van der Waals surface area contributed by atoms with Gasteiger partial charge in [-0.1, -0.05) is 5.16 Å². The van der Waals surface area contributed by atoms with Crippen LogP contribution in [0.4, 0.5) is 5.82 Å². The Morgan fingerprint density at radius 1 is 1.29 bits per heavy atom. The number of amides is 1. The Hall–Kier alpha value is -2.61. The third kappa shape index (κ3) is 4.27. The zero-order valence-corrected chi connectivity index (χ0v) is 16.1. The number of aromatic nitrogens is 2. The molecule has 2 aromatic rings. The zero-order chi connectivity index (χ0) is 19.3. The van der Waals surface area contributed by atoms with E-state index in [0.29, 0.717) is 31.3 Å². The third-order valence-corrected chi connectivity index (χ3v) is 5.29. The van der Waals surface area contributed by atoms with E-state index in [9.17, 15) is 4.79 Å². The van der Waals surface area contributed by atoms with Crippen LogP contribution in [-0.4, -0.2) is 48.4 Å². The predicted molar refractivity (Wildman–Crippen MR) is 103 cm³/mol. The number of anilines is 1. The van der Waals surface area contributed by atoms with Crippen LogP contribution in [0, 0.1) is 6.92 Å². The van der Waals surface area contributed by atoms with E-state index in [1.165, 1.54) is 12.8 Å². The molecular formula is C20H26N4O4. The molecule has 0 aromatic carbocycles. The van der Waals surface area contributed by atoms with Gasteiger partial charge in [-0.05, 0) is 38.7 Å². The molecule has 1 N–H and O–H groups in total. The molecule has 28 heavy (non-hydrogen) atoms. The minimum absolute atomic E-state index is 0.114. The lowest BCUT2D eigenvalue weighted by Crippen LogP contribution is -2.38. The Morgan fingerprint density at radius 3 is 2.79 bits per heavy atom. The lowest BCUT2D eigenvalue weighted by Gasteiger charge is -2.23. The summed E-state index contributed by atoms with van der Waals surface area (Å²) < 4.78 is 16.5. The molecule has 2 aromatic heterocycles. The summed E-state index contributed by atoms with van der Waals surface area (Å²) in [6, 6.07) is 3.62. The van der Waals surface area contributed by atoms with E-state index in [4.69, 9.17) is 14.0 Å². The van der Waals surface area contributed by atoms with Crippen molar-refractivity contribution in [2.24, 2.45) is 0 Å². The predicted octanol–water partition coefficient (Wildman–Crippen LogP) is 2.47. The molecule has 2 aliphatic rings. The summed E-state index contributed by atoms with van der Waals surface area (Å²) in [4.78, 5) is 18.9. The average Bonchev–Trinajstić information content (AvgIpc) is 3.37. The number of carbonyl (C=O) groups excluding carboxylic acids is 1. The maximum atomic E-state index is 12.3. The van der Waals surface area contributed by atoms with Crippen molar-refractivity contribution in [3.63, 3.8) is 0 Å². The number of nitrogens with zero attached hydrogens (tertiary/aromatic N) is 3. The van der Waals surface area contributed by atoms with Crippen molar-refractivity contribution in [2.75, 3.05) is 31.2 Å². The van der Waals surface area contributed by atoms with Crippen LogP contribution in [0.15, 0.2) is 22.9 Å². The largest absolute Gasteiger partial charge is 0.473 e. The van der Waals surface area contributed by atoms with Crippen LogP contribution in [-0.2, 0) is 11.3 Å². The number of nitrogens with one attached hydrogen (secondary N) is 1. The second-order valence-electron chi connectivity index (χ2n) is 7.27. The van der Waals surface area contributed by atoms with E-state index in [2.05, 4.69) is 20.4 Å². The van der Waals surface area contributed by atoms with Crippen molar-refractivity contribution in [3.05, 3.63) is 35.2 Å². The molecule has 8 nitrogen and oxygen atoms in total. The molecule has 0 radical (unpaired) electrons. The molecule has 0 unspecified atom stereocenters. The number of ether oxygens (including phenoxy) is 2. The average molecular weight is 386 g/mol. The first-order chi connectivity index (χ1) is 13.7. The summed E-state index contributed by atoms with van der Waals surface area (Å²) in [7, 11) is 0. The molecular weight excluding hydrogens is 360 g/mol. The van der Waals surface area contributed by atoms with Gasteiger partial charge in [-0.2, -0.15) is 0 Å². The number of hydrogen-bond acceptors (Lipinski definition) is 7. The van der Waals surface area contributed by atoms with Gasteiger partial charge in [-0.25, -0.2) is 4.98 Å². The number of aryl methyl sites for hydroxylation is 1. The molecule has 0 saturated carbocycles. The molecule has 2 aliphatic heterocycles. The highest BCUT2D eigenvalue weighted by atomic mass is 16.5. The number of pyridine rings is 1. The number of rotatable bonds is 6. The Bertz CT molecular complexity index is 793. The molecule has 2 saturated heterocycles. The first kappa shape index (κ1) is 18.7. The van der Waals surface area contributed by atoms with Gasteiger partial charge in [-0.15, -0.1) is 0 Å². The van der Waals surface area contributed by atoms with Crippen LogP contribution >= 0.6 is 0 Å². The minimum Gasteiger partial charge on any atom is -0.473 e. The van der Waals surface area contributed by atoms with E-state index in [-0.39, 0.29) is 11.9 Å². The minimum atomic E-state index is -0.114. The topological polar surface area (TPSA) is 89.7 Å². The highest BCUT2D eigenvalue weighted by Gasteiger charge is 2.22. The summed E-state index contributed by atoms with van der Waals surface area (Å²) in [5, 5.41) is 7.22. The molecule has 0 bridgehead atoms. The Labute approximate surface area is 164 Å². The van der Waals surface area contributed by atoms with Crippen molar-refractivity contribution >= 4 is 11.7 Å². The molecule has 1 amide bonds. The molecule has 150 valence electrons. The van der Waals surface area contributed by atoms with Crippen LogP contribution in [0.25, 0.3) is 0 Å². The number of carbonyl (C=O) groups is 1. The summed E-state index contributed by atoms with van der Waals surface area (Å²) >= 11 is 0. The van der Waals surface area contributed by atoms with Crippen LogP contribution in [0.1, 0.15) is 47.4 Å². The second kappa shape index (κ2) is 8.60. The summed E-state index contributed by atoms with van der Waals surface area (Å²) in [5.41, 5.74) is 1.47. The lowest BCUT2D eigenvalue weighted by molar-refractivity contribution is 0.0696. The van der Waals surface area contributed by atoms with E-state index in [1.807, 2.05) is 6.92 Å². The van der Waals surface area contributed by atoms with Gasteiger partial charge in [0.15, 0.2) is 5.82 Å². The molecule has 0 spiro atoms. The Balaban J connectivity index is 1.35. The maximum absolute atomic E-state index is 12.3. The lowest BCUT2D eigenvalue weighted by atomic mass is 10.1. The molecule has 0 aliphatic carbocycles. The van der Waals surface area contributed by atoms with E-state index < -0.39 is 0 Å². The molecule has 4 rings (SSSR count). The van der Waals surface area contributed by atoms with Gasteiger partial charge in [0.25, 0.3) is 5.91 Å². The first-order valence-electron chi connectivity index (χ1n) is 9.88. The van der Waals surface area contributed by atoms with Crippen molar-refractivity contribution in [1.82, 2.24) is 15.5 Å². The van der Waals surface area contributed by atoms with Gasteiger partial charge in [-0.3, -0.25) is 4.79 Å². The number of hydrogen-bond donors (Lipinski definition) is 1. The summed E-state index contributed by atoms with van der Waals surface area (Å²) in [6.07, 6.45) is 5.58. The first-order valence-corrected chi connectivity index (χ1v) is 9.88. The van der Waals surface area contributed by atoms with Gasteiger partial charge in [0.2, 0.25) is 5.88 Å². The molecule has 2 fully saturated rings. The smallest absolute Gasteiger partial charge is 0.253 e. The third-order valence-electron chi connectivity index (χ3n) is 5.29. The van der Waals surface area contributed by atoms with Crippen molar-refractivity contribution in [1.29, 1.82) is 0 Å². The zero-order valence-electron chi connectivity index (χ0n) is 16.1. The van der Waals surface area contributed by atoms with Gasteiger partial charge in [0.05, 0.1) is 11.1 Å². The molecule has 8 heteroatoms. The maximum Gasteiger partial charge on any atom is 0.253 e. The molecule has 4 heterocycles. The van der Waals surface area contributed by atoms with E-state index in [0.717, 1.165) is 43.1 Å². The van der Waals surface area contributed by atoms with Crippen LogP contribution in [0.2, 0.25) is 0 Å². The van der Waals surface area contributed by atoms with Gasteiger partial charge < -0.3 is 24.2 Å². The standard InChI is InChI=1S/C20H26N4O4/c1-14-17(19(23-28-14)24-8-2-3-9-24)13-27-18-5-4-15(12-21-18)20(25)22-16-6-10-26-11-7-16/h4-5,12,16H,2-3,6-11,13H2,1H3,(H,22,25). The SMILES string of the molecule is Cc1onc(N2CCCC2)c1COc1ccc(C(=O)NC2CCOCC2)cn1. The highest BCUT2D eigenvalue weighted by molar-refractivity contribution is 5.94. The van der Waals surface area contributed by atoms with E-state index in [1.54, 1.807) is 18.3 Å². The van der Waals surface area contributed by atoms with Crippen LogP contribution in [0.3, 0.4) is 0 Å². The quantitative estimate of drug-likeness (QED) is 0.816. The fourth-order valence-electron chi connectivity index (χ4n) is 3.58. The van der Waals surface area contributed by atoms with E-state index >= 15 is 0 Å². The monoisotopic (exact) mass is 386 g/mol. The molecule has 0 atom stereocenters. The summed E-state index contributed by atoms with van der Waals surface area (Å²) in [5.74, 6) is 1.98. The fourth-order valence-corrected chi connectivity index (χ4v) is 3.58. The Kier molecular flexibility index (Phi) is 5.76. The van der Waals surface area contributed by atoms with Gasteiger partial charge in [0, 0.05) is 44.6 Å². The highest BCUT2D eigenvalue weighted by Crippen LogP contribution is 2.27. The summed E-state index contributed by atoms with van der Waals surface area (Å²) in [6.45, 7) is 5.60.